The largest absolute Gasteiger partial charge is 0.478 e. The molecule has 1 fully saturated rings. The molecule has 2 unspecified atom stereocenters. The highest BCUT2D eigenvalue weighted by molar-refractivity contribution is 7.99. The van der Waals surface area contributed by atoms with Crippen LogP contribution in [0.1, 0.15) is 35.2 Å². The first-order chi connectivity index (χ1) is 8.69. The molecular weight excluding hydrogens is 246 g/mol. The van der Waals surface area contributed by atoms with Crippen LogP contribution in [0.5, 0.6) is 0 Å². The van der Waals surface area contributed by atoms with Gasteiger partial charge in [0.05, 0.1) is 5.56 Å². The van der Waals surface area contributed by atoms with Gasteiger partial charge >= 0.3 is 5.97 Å². The summed E-state index contributed by atoms with van der Waals surface area (Å²) in [5, 5.41) is 13.2. The fraction of sp³-hybridized carbons (Fsp3) is 0.500. The van der Waals surface area contributed by atoms with E-state index >= 15 is 0 Å². The lowest BCUT2D eigenvalue weighted by molar-refractivity contribution is 0.0697. The van der Waals surface area contributed by atoms with Crippen molar-refractivity contribution in [1.29, 1.82) is 0 Å². The number of rotatable bonds is 5. The zero-order chi connectivity index (χ0) is 13.0. The molecule has 18 heavy (non-hydrogen) atoms. The number of benzene rings is 1. The van der Waals surface area contributed by atoms with Gasteiger partial charge in [0, 0.05) is 17.8 Å². The van der Waals surface area contributed by atoms with E-state index in [2.05, 4.69) is 11.6 Å². The van der Waals surface area contributed by atoms with E-state index in [-0.39, 0.29) is 0 Å². The van der Waals surface area contributed by atoms with Crippen molar-refractivity contribution in [1.82, 2.24) is 5.32 Å². The Balaban J connectivity index is 1.82. The van der Waals surface area contributed by atoms with Crippen molar-refractivity contribution in [3.8, 4) is 0 Å². The molecule has 1 aliphatic carbocycles. The molecule has 1 saturated carbocycles. The van der Waals surface area contributed by atoms with E-state index in [0.29, 0.717) is 11.6 Å². The average molecular weight is 265 g/mol. The van der Waals surface area contributed by atoms with Crippen molar-refractivity contribution in [3.05, 3.63) is 35.4 Å². The maximum absolute atomic E-state index is 10.7. The molecule has 1 aromatic rings. The molecule has 0 aromatic heterocycles. The van der Waals surface area contributed by atoms with E-state index in [1.54, 1.807) is 12.1 Å². The first-order valence-corrected chi connectivity index (χ1v) is 7.56. The third-order valence-electron chi connectivity index (χ3n) is 3.51. The maximum Gasteiger partial charge on any atom is 0.335 e. The summed E-state index contributed by atoms with van der Waals surface area (Å²) in [5.41, 5.74) is 1.50. The number of hydrogen-bond acceptors (Lipinski definition) is 3. The number of nitrogens with one attached hydrogen (secondary N) is 1. The lowest BCUT2D eigenvalue weighted by Gasteiger charge is -2.12. The second kappa shape index (κ2) is 6.25. The van der Waals surface area contributed by atoms with Crippen molar-refractivity contribution >= 4 is 17.7 Å². The average Bonchev–Trinajstić information content (AvgIpc) is 2.85. The van der Waals surface area contributed by atoms with Crippen molar-refractivity contribution in [2.24, 2.45) is 0 Å². The van der Waals surface area contributed by atoms with E-state index in [4.69, 9.17) is 5.11 Å². The van der Waals surface area contributed by atoms with Gasteiger partial charge < -0.3 is 10.4 Å². The zero-order valence-electron chi connectivity index (χ0n) is 10.6. The molecular formula is C14H19NO2S. The summed E-state index contributed by atoms with van der Waals surface area (Å²) in [7, 11) is 0. The first-order valence-electron chi connectivity index (χ1n) is 6.27. The van der Waals surface area contributed by atoms with Gasteiger partial charge in [0.15, 0.2) is 0 Å². The van der Waals surface area contributed by atoms with Crippen LogP contribution in [-0.2, 0) is 6.54 Å². The van der Waals surface area contributed by atoms with E-state index in [9.17, 15) is 4.79 Å². The molecule has 0 saturated heterocycles. The molecule has 1 aliphatic rings. The molecule has 0 bridgehead atoms. The minimum Gasteiger partial charge on any atom is -0.478 e. The van der Waals surface area contributed by atoms with Gasteiger partial charge in [-0.25, -0.2) is 4.79 Å². The number of carboxylic acid groups (broad SMARTS) is 1. The van der Waals surface area contributed by atoms with Crippen LogP contribution in [0.25, 0.3) is 0 Å². The minimum absolute atomic E-state index is 0.349. The molecule has 2 rings (SSSR count). The molecule has 0 spiro atoms. The highest BCUT2D eigenvalue weighted by Crippen LogP contribution is 2.28. The van der Waals surface area contributed by atoms with E-state index in [0.717, 1.165) is 17.4 Å². The number of carbonyl (C=O) groups is 1. The number of aromatic carboxylic acids is 1. The summed E-state index contributed by atoms with van der Waals surface area (Å²) in [6.07, 6.45) is 5.97. The monoisotopic (exact) mass is 265 g/mol. The van der Waals surface area contributed by atoms with Gasteiger partial charge in [0.1, 0.15) is 0 Å². The molecule has 98 valence electrons. The minimum atomic E-state index is -0.867. The van der Waals surface area contributed by atoms with Gasteiger partial charge in [-0.15, -0.1) is 0 Å². The summed E-state index contributed by atoms with van der Waals surface area (Å²) in [4.78, 5) is 10.7. The van der Waals surface area contributed by atoms with Gasteiger partial charge in [-0.2, -0.15) is 11.8 Å². The summed E-state index contributed by atoms with van der Waals surface area (Å²) < 4.78 is 0. The molecule has 2 N–H and O–H groups in total. The molecule has 4 heteroatoms. The van der Waals surface area contributed by atoms with Crippen LogP contribution in [0.3, 0.4) is 0 Å². The highest BCUT2D eigenvalue weighted by Gasteiger charge is 2.23. The molecule has 3 nitrogen and oxygen atoms in total. The standard InChI is InChI=1S/C14H19NO2S/c1-18-13-7-6-12(8-13)15-9-10-2-4-11(5-3-10)14(16)17/h2-5,12-13,15H,6-9H2,1H3,(H,16,17). The normalized spacial score (nSPS) is 23.2. The molecule has 0 heterocycles. The topological polar surface area (TPSA) is 49.3 Å². The lowest BCUT2D eigenvalue weighted by Crippen LogP contribution is -2.26. The fourth-order valence-electron chi connectivity index (χ4n) is 2.37. The third kappa shape index (κ3) is 3.50. The Morgan fingerprint density at radius 3 is 2.67 bits per heavy atom. The van der Waals surface area contributed by atoms with Gasteiger partial charge in [-0.05, 0) is 43.2 Å². The Morgan fingerprint density at radius 2 is 2.11 bits per heavy atom. The maximum atomic E-state index is 10.7. The van der Waals surface area contributed by atoms with Crippen molar-refractivity contribution < 1.29 is 9.90 Å². The molecule has 0 aliphatic heterocycles. The fourth-order valence-corrected chi connectivity index (χ4v) is 3.16. The van der Waals surface area contributed by atoms with Crippen LogP contribution < -0.4 is 5.32 Å². The van der Waals surface area contributed by atoms with Crippen LogP contribution in [0.15, 0.2) is 24.3 Å². The van der Waals surface area contributed by atoms with Crippen LogP contribution in [-0.4, -0.2) is 28.6 Å². The van der Waals surface area contributed by atoms with Gasteiger partial charge in [-0.3, -0.25) is 0 Å². The summed E-state index contributed by atoms with van der Waals surface area (Å²) in [6, 6.07) is 7.72. The van der Waals surface area contributed by atoms with E-state index in [1.807, 2.05) is 23.9 Å². The molecule has 1 aromatic carbocycles. The highest BCUT2D eigenvalue weighted by atomic mass is 32.2. The van der Waals surface area contributed by atoms with Crippen LogP contribution >= 0.6 is 11.8 Å². The molecule has 0 radical (unpaired) electrons. The Morgan fingerprint density at radius 1 is 1.39 bits per heavy atom. The van der Waals surface area contributed by atoms with E-state index < -0.39 is 5.97 Å². The molecule has 2 atom stereocenters. The summed E-state index contributed by atoms with van der Waals surface area (Å²) >= 11 is 1.96. The van der Waals surface area contributed by atoms with Crippen molar-refractivity contribution in [3.63, 3.8) is 0 Å². The summed E-state index contributed by atoms with van der Waals surface area (Å²) in [5.74, 6) is -0.867. The van der Waals surface area contributed by atoms with Crippen LogP contribution in [0.2, 0.25) is 0 Å². The number of hydrogen-bond donors (Lipinski definition) is 2. The SMILES string of the molecule is CSC1CCC(NCc2ccc(C(=O)O)cc2)C1. The first kappa shape index (κ1) is 13.4. The zero-order valence-corrected chi connectivity index (χ0v) is 11.4. The Bertz CT molecular complexity index is 405. The van der Waals surface area contributed by atoms with E-state index in [1.165, 1.54) is 19.3 Å². The second-order valence-corrected chi connectivity index (χ2v) is 5.89. The number of thioether (sulfide) groups is 1. The molecule has 0 amide bonds. The van der Waals surface area contributed by atoms with Crippen molar-refractivity contribution in [2.75, 3.05) is 6.26 Å². The van der Waals surface area contributed by atoms with Crippen LogP contribution in [0.4, 0.5) is 0 Å². The van der Waals surface area contributed by atoms with Gasteiger partial charge in [-0.1, -0.05) is 12.1 Å². The van der Waals surface area contributed by atoms with Gasteiger partial charge in [0.2, 0.25) is 0 Å². The number of carboxylic acids is 1. The second-order valence-electron chi connectivity index (χ2n) is 4.75. The van der Waals surface area contributed by atoms with Crippen molar-refractivity contribution in [2.45, 2.75) is 37.1 Å². The lowest BCUT2D eigenvalue weighted by atomic mass is 10.1. The third-order valence-corrected chi connectivity index (χ3v) is 4.61. The quantitative estimate of drug-likeness (QED) is 0.859. The van der Waals surface area contributed by atoms with Crippen LogP contribution in [0, 0.1) is 0 Å². The predicted octanol–water partition coefficient (Wildman–Crippen LogP) is 2.76. The van der Waals surface area contributed by atoms with Gasteiger partial charge in [0.25, 0.3) is 0 Å². The Hall–Kier alpha value is -1.00. The smallest absolute Gasteiger partial charge is 0.335 e. The Kier molecular flexibility index (Phi) is 4.66. The summed E-state index contributed by atoms with van der Waals surface area (Å²) in [6.45, 7) is 0.825. The predicted molar refractivity (Wildman–Crippen MR) is 75.2 cm³/mol. The Labute approximate surface area is 112 Å².